The lowest BCUT2D eigenvalue weighted by Crippen LogP contribution is -2.42. The minimum Gasteiger partial charge on any atom is -0.497 e. The van der Waals surface area contributed by atoms with Gasteiger partial charge in [0.25, 0.3) is 5.56 Å². The molecule has 0 saturated carbocycles. The van der Waals surface area contributed by atoms with Gasteiger partial charge >= 0.3 is 5.69 Å². The summed E-state index contributed by atoms with van der Waals surface area (Å²) in [7, 11) is 1.57. The Morgan fingerprint density at radius 2 is 1.86 bits per heavy atom. The van der Waals surface area contributed by atoms with E-state index >= 15 is 0 Å². The number of rotatable bonds is 5. The molecule has 1 heterocycles. The Bertz CT molecular complexity index is 1130. The fourth-order valence-corrected chi connectivity index (χ4v) is 2.77. The number of aromatic nitrogens is 3. The quantitative estimate of drug-likeness (QED) is 0.727. The predicted octanol–water partition coefficient (Wildman–Crippen LogP) is 1.72. The molecule has 8 heteroatoms. The molecule has 0 aliphatic heterocycles. The Hall–Kier alpha value is -3.68. The molecule has 28 heavy (non-hydrogen) atoms. The van der Waals surface area contributed by atoms with Gasteiger partial charge in [-0.1, -0.05) is 18.2 Å². The smallest absolute Gasteiger partial charge is 0.352 e. The molecule has 2 aromatic carbocycles. The van der Waals surface area contributed by atoms with Gasteiger partial charge in [0.15, 0.2) is 0 Å². The highest BCUT2D eigenvalue weighted by molar-refractivity contribution is 5.88. The molecular weight excluding hydrogens is 360 g/mol. The van der Waals surface area contributed by atoms with Gasteiger partial charge in [0, 0.05) is 12.6 Å². The van der Waals surface area contributed by atoms with Crippen LogP contribution in [0.25, 0.3) is 5.69 Å². The van der Waals surface area contributed by atoms with E-state index in [1.165, 1.54) is 6.92 Å². The van der Waals surface area contributed by atoms with Gasteiger partial charge in [0.2, 0.25) is 5.91 Å². The highest BCUT2D eigenvalue weighted by atomic mass is 16.5. The predicted molar refractivity (Wildman–Crippen MR) is 105 cm³/mol. The number of methoxy groups -OCH3 is 1. The van der Waals surface area contributed by atoms with Gasteiger partial charge in [0.1, 0.15) is 11.4 Å². The van der Waals surface area contributed by atoms with Crippen LogP contribution in [0.3, 0.4) is 0 Å². The topological polar surface area (TPSA) is 95.2 Å². The summed E-state index contributed by atoms with van der Waals surface area (Å²) in [5.41, 5.74) is 0.941. The summed E-state index contributed by atoms with van der Waals surface area (Å²) in [4.78, 5) is 36.8. The third-order valence-electron chi connectivity index (χ3n) is 4.13. The molecule has 0 fully saturated rings. The van der Waals surface area contributed by atoms with Crippen molar-refractivity contribution < 1.29 is 9.53 Å². The molecule has 3 aromatic rings. The summed E-state index contributed by atoms with van der Waals surface area (Å²) in [5, 5.41) is 6.79. The van der Waals surface area contributed by atoms with Crippen molar-refractivity contribution in [2.45, 2.75) is 20.4 Å². The van der Waals surface area contributed by atoms with Crippen molar-refractivity contribution >= 4 is 11.6 Å². The van der Waals surface area contributed by atoms with E-state index in [-0.39, 0.29) is 18.1 Å². The number of amides is 1. The molecule has 0 aliphatic rings. The fourth-order valence-electron chi connectivity index (χ4n) is 2.77. The van der Waals surface area contributed by atoms with Crippen molar-refractivity contribution in [1.82, 2.24) is 14.3 Å². The number of nitrogens with zero attached hydrogens (tertiary/aromatic N) is 3. The van der Waals surface area contributed by atoms with E-state index in [9.17, 15) is 14.4 Å². The number of carbonyl (C=O) groups excluding carboxylic acids is 1. The molecule has 3 rings (SSSR count). The molecule has 0 spiro atoms. The maximum atomic E-state index is 13.0. The normalized spacial score (nSPS) is 10.5. The maximum absolute atomic E-state index is 13.0. The Morgan fingerprint density at radius 3 is 2.50 bits per heavy atom. The van der Waals surface area contributed by atoms with Gasteiger partial charge < -0.3 is 10.1 Å². The average molecular weight is 380 g/mol. The molecule has 1 aromatic heterocycles. The second-order valence-electron chi connectivity index (χ2n) is 6.25. The summed E-state index contributed by atoms with van der Waals surface area (Å²) in [5.74, 6) is 0.465. The molecule has 0 radical (unpaired) electrons. The van der Waals surface area contributed by atoms with Crippen LogP contribution in [0.5, 0.6) is 5.75 Å². The van der Waals surface area contributed by atoms with E-state index < -0.39 is 11.2 Å². The lowest BCUT2D eigenvalue weighted by Gasteiger charge is -2.12. The molecule has 0 aliphatic carbocycles. The number of aryl methyl sites for hydroxylation is 1. The minimum absolute atomic E-state index is 0.108. The first kappa shape index (κ1) is 19.1. The van der Waals surface area contributed by atoms with E-state index in [1.807, 2.05) is 0 Å². The van der Waals surface area contributed by atoms with Gasteiger partial charge in [-0.2, -0.15) is 9.78 Å². The third kappa shape index (κ3) is 4.01. The summed E-state index contributed by atoms with van der Waals surface area (Å²) in [6, 6.07) is 13.8. The monoisotopic (exact) mass is 380 g/mol. The number of ether oxygens (including phenoxy) is 1. The number of anilines is 1. The highest BCUT2D eigenvalue weighted by Crippen LogP contribution is 2.13. The Kier molecular flexibility index (Phi) is 5.39. The van der Waals surface area contributed by atoms with E-state index in [2.05, 4.69) is 10.4 Å². The lowest BCUT2D eigenvalue weighted by molar-refractivity contribution is -0.114. The van der Waals surface area contributed by atoms with Crippen molar-refractivity contribution in [3.63, 3.8) is 0 Å². The average Bonchev–Trinajstić information content (AvgIpc) is 2.68. The van der Waals surface area contributed by atoms with Crippen LogP contribution in [0.1, 0.15) is 18.2 Å². The number of hydrogen-bond acceptors (Lipinski definition) is 5. The zero-order valence-corrected chi connectivity index (χ0v) is 15.8. The van der Waals surface area contributed by atoms with Crippen LogP contribution in [-0.2, 0) is 11.3 Å². The molecule has 0 bridgehead atoms. The molecule has 0 saturated heterocycles. The van der Waals surface area contributed by atoms with Crippen LogP contribution in [0.15, 0.2) is 58.1 Å². The summed E-state index contributed by atoms with van der Waals surface area (Å²) >= 11 is 0. The zero-order chi connectivity index (χ0) is 20.3. The van der Waals surface area contributed by atoms with Crippen molar-refractivity contribution in [2.24, 2.45) is 0 Å². The summed E-state index contributed by atoms with van der Waals surface area (Å²) in [6.45, 7) is 3.06. The Balaban J connectivity index is 2.06. The van der Waals surface area contributed by atoms with Gasteiger partial charge in [-0.15, -0.1) is 0 Å². The number of nitrogens with one attached hydrogen (secondary N) is 1. The summed E-state index contributed by atoms with van der Waals surface area (Å²) in [6.07, 6.45) is 0. The van der Waals surface area contributed by atoms with E-state index in [0.717, 1.165) is 14.8 Å². The van der Waals surface area contributed by atoms with Crippen molar-refractivity contribution in [2.75, 3.05) is 12.4 Å². The van der Waals surface area contributed by atoms with Crippen LogP contribution >= 0.6 is 0 Å². The molecule has 0 unspecified atom stereocenters. The minimum atomic E-state index is -0.564. The van der Waals surface area contributed by atoms with Gasteiger partial charge in [-0.25, -0.2) is 4.79 Å². The van der Waals surface area contributed by atoms with Crippen LogP contribution in [0, 0.1) is 6.92 Å². The lowest BCUT2D eigenvalue weighted by atomic mass is 10.2. The van der Waals surface area contributed by atoms with E-state index in [0.29, 0.717) is 17.1 Å². The van der Waals surface area contributed by atoms with Crippen LogP contribution in [-0.4, -0.2) is 27.4 Å². The molecule has 1 amide bonds. The van der Waals surface area contributed by atoms with Gasteiger partial charge in [0.05, 0.1) is 19.3 Å². The van der Waals surface area contributed by atoms with Crippen LogP contribution in [0.4, 0.5) is 5.69 Å². The molecule has 144 valence electrons. The number of carbonyl (C=O) groups is 1. The Labute approximate surface area is 161 Å². The van der Waals surface area contributed by atoms with Crippen LogP contribution < -0.4 is 21.3 Å². The number of hydrogen-bond donors (Lipinski definition) is 1. The second kappa shape index (κ2) is 7.91. The molecule has 1 N–H and O–H groups in total. The first-order valence-electron chi connectivity index (χ1n) is 8.61. The highest BCUT2D eigenvalue weighted by Gasteiger charge is 2.13. The van der Waals surface area contributed by atoms with Crippen molar-refractivity contribution in [3.05, 3.63) is 80.6 Å². The van der Waals surface area contributed by atoms with E-state index in [1.54, 1.807) is 62.6 Å². The second-order valence-corrected chi connectivity index (χ2v) is 6.25. The first-order valence-corrected chi connectivity index (χ1v) is 8.61. The molecule has 0 atom stereocenters. The van der Waals surface area contributed by atoms with Gasteiger partial charge in [-0.3, -0.25) is 14.2 Å². The van der Waals surface area contributed by atoms with Crippen LogP contribution in [0.2, 0.25) is 0 Å². The van der Waals surface area contributed by atoms with Crippen molar-refractivity contribution in [3.8, 4) is 11.4 Å². The summed E-state index contributed by atoms with van der Waals surface area (Å²) < 4.78 is 7.42. The largest absolute Gasteiger partial charge is 0.497 e. The standard InChI is InChI=1S/C20H20N4O4/c1-13-19(26)23(12-15-7-9-18(28-3)10-8-15)20(27)24(22-13)17-6-4-5-16(11-17)21-14(2)25/h4-11H,12H2,1-3H3,(H,21,25). The van der Waals surface area contributed by atoms with Crippen molar-refractivity contribution in [1.29, 1.82) is 0 Å². The zero-order valence-electron chi connectivity index (χ0n) is 15.8. The molecular formula is C20H20N4O4. The fraction of sp³-hybridized carbons (Fsp3) is 0.200. The number of benzene rings is 2. The van der Waals surface area contributed by atoms with E-state index in [4.69, 9.17) is 4.74 Å². The Morgan fingerprint density at radius 1 is 1.14 bits per heavy atom. The molecule has 8 nitrogen and oxygen atoms in total. The first-order chi connectivity index (χ1) is 13.4. The third-order valence-corrected chi connectivity index (χ3v) is 4.13. The maximum Gasteiger partial charge on any atom is 0.352 e. The SMILES string of the molecule is COc1ccc(Cn2c(=O)c(C)nn(-c3cccc(NC(C)=O)c3)c2=O)cc1. The van der Waals surface area contributed by atoms with Gasteiger partial charge in [-0.05, 0) is 42.8 Å².